The highest BCUT2D eigenvalue weighted by Crippen LogP contribution is 2.30. The van der Waals surface area contributed by atoms with Crippen molar-refractivity contribution in [3.05, 3.63) is 48.0 Å². The van der Waals surface area contributed by atoms with Crippen molar-refractivity contribution in [2.45, 2.75) is 38.7 Å². The highest BCUT2D eigenvalue weighted by atomic mass is 32.2. The lowest BCUT2D eigenvalue weighted by molar-refractivity contribution is -0.122. The topological polar surface area (TPSA) is 109 Å². The molecule has 2 rings (SSSR count). The molecule has 0 spiro atoms. The van der Waals surface area contributed by atoms with Crippen LogP contribution in [0.2, 0.25) is 0 Å². The van der Waals surface area contributed by atoms with Gasteiger partial charge >= 0.3 is 0 Å². The number of hydrogen-bond acceptors (Lipinski definition) is 6. The number of anilines is 1. The Hall–Kier alpha value is -3.09. The van der Waals surface area contributed by atoms with Gasteiger partial charge in [-0.25, -0.2) is 8.42 Å². The van der Waals surface area contributed by atoms with E-state index in [0.29, 0.717) is 36.7 Å². The zero-order valence-electron chi connectivity index (χ0n) is 18.1. The SMILES string of the molecule is CCOc1ccc(NC(=O)C(C)Oc2cccc(C#N)c2)cc1S(=O)(=O)N(CC)CC. The zero-order valence-corrected chi connectivity index (χ0v) is 18.9. The summed E-state index contributed by atoms with van der Waals surface area (Å²) >= 11 is 0. The van der Waals surface area contributed by atoms with E-state index in [1.165, 1.54) is 22.5 Å². The van der Waals surface area contributed by atoms with Gasteiger partial charge in [-0.1, -0.05) is 19.9 Å². The van der Waals surface area contributed by atoms with Crippen LogP contribution in [0.1, 0.15) is 33.3 Å². The first kappa shape index (κ1) is 24.2. The number of hydrogen-bond donors (Lipinski definition) is 1. The number of carbonyl (C=O) groups is 1. The van der Waals surface area contributed by atoms with Crippen molar-refractivity contribution in [1.82, 2.24) is 4.31 Å². The van der Waals surface area contributed by atoms with Gasteiger partial charge < -0.3 is 14.8 Å². The quantitative estimate of drug-likeness (QED) is 0.600. The van der Waals surface area contributed by atoms with Gasteiger partial charge in [0.05, 0.1) is 18.2 Å². The number of carbonyl (C=O) groups excluding carboxylic acids is 1. The van der Waals surface area contributed by atoms with E-state index in [4.69, 9.17) is 14.7 Å². The summed E-state index contributed by atoms with van der Waals surface area (Å²) in [5, 5.41) is 11.7. The molecule has 166 valence electrons. The Kier molecular flexibility index (Phi) is 8.42. The molecule has 2 aromatic carbocycles. The first-order chi connectivity index (χ1) is 14.8. The average Bonchev–Trinajstić information content (AvgIpc) is 2.75. The summed E-state index contributed by atoms with van der Waals surface area (Å²) in [4.78, 5) is 12.6. The Balaban J connectivity index is 2.26. The van der Waals surface area contributed by atoms with Crippen LogP contribution < -0.4 is 14.8 Å². The standard InChI is InChI=1S/C22H27N3O5S/c1-5-25(6-2)31(27,28)21-14-18(11-12-20(21)29-7-3)24-22(26)16(4)30-19-10-8-9-17(13-19)15-23/h8-14,16H,5-7H2,1-4H3,(H,24,26). The lowest BCUT2D eigenvalue weighted by Gasteiger charge is -2.21. The Bertz CT molecular complexity index is 1060. The number of nitrogens with zero attached hydrogens (tertiary/aromatic N) is 2. The second kappa shape index (κ2) is 10.8. The van der Waals surface area contributed by atoms with Crippen molar-refractivity contribution in [1.29, 1.82) is 5.26 Å². The van der Waals surface area contributed by atoms with Crippen molar-refractivity contribution < 1.29 is 22.7 Å². The molecule has 9 heteroatoms. The Morgan fingerprint density at radius 1 is 1.16 bits per heavy atom. The minimum atomic E-state index is -3.79. The first-order valence-electron chi connectivity index (χ1n) is 10.0. The molecule has 0 heterocycles. The fraction of sp³-hybridized carbons (Fsp3) is 0.364. The van der Waals surface area contributed by atoms with Crippen LogP contribution >= 0.6 is 0 Å². The molecular weight excluding hydrogens is 418 g/mol. The summed E-state index contributed by atoms with van der Waals surface area (Å²) in [7, 11) is -3.79. The van der Waals surface area contributed by atoms with Gasteiger partial charge in [0.1, 0.15) is 16.4 Å². The van der Waals surface area contributed by atoms with Crippen LogP contribution in [0.3, 0.4) is 0 Å². The normalized spacial score (nSPS) is 12.1. The van der Waals surface area contributed by atoms with E-state index < -0.39 is 22.0 Å². The third-order valence-corrected chi connectivity index (χ3v) is 6.55. The Labute approximate surface area is 183 Å². The van der Waals surface area contributed by atoms with Crippen LogP contribution in [-0.4, -0.2) is 44.4 Å². The number of sulfonamides is 1. The average molecular weight is 446 g/mol. The van der Waals surface area contributed by atoms with Gasteiger partial charge in [-0.3, -0.25) is 4.79 Å². The van der Waals surface area contributed by atoms with Crippen molar-refractivity contribution in [2.24, 2.45) is 0 Å². The Morgan fingerprint density at radius 2 is 1.87 bits per heavy atom. The molecule has 0 aliphatic carbocycles. The smallest absolute Gasteiger partial charge is 0.265 e. The predicted octanol–water partition coefficient (Wildman–Crippen LogP) is 3.39. The molecule has 1 N–H and O–H groups in total. The summed E-state index contributed by atoms with van der Waals surface area (Å²) in [5.41, 5.74) is 0.725. The van der Waals surface area contributed by atoms with Gasteiger partial charge in [0, 0.05) is 18.8 Å². The lowest BCUT2D eigenvalue weighted by atomic mass is 10.2. The molecule has 0 saturated heterocycles. The highest BCUT2D eigenvalue weighted by molar-refractivity contribution is 7.89. The molecule has 2 aromatic rings. The molecule has 1 amide bonds. The number of benzene rings is 2. The predicted molar refractivity (Wildman–Crippen MR) is 118 cm³/mol. The summed E-state index contributed by atoms with van der Waals surface area (Å²) < 4.78 is 38.5. The van der Waals surface area contributed by atoms with Gasteiger partial charge in [0.2, 0.25) is 10.0 Å². The molecule has 0 fully saturated rings. The molecule has 31 heavy (non-hydrogen) atoms. The second-order valence-electron chi connectivity index (χ2n) is 6.57. The molecular formula is C22H27N3O5S. The molecule has 1 atom stereocenters. The van der Waals surface area contributed by atoms with Crippen molar-refractivity contribution in [2.75, 3.05) is 25.0 Å². The maximum absolute atomic E-state index is 13.0. The molecule has 1 unspecified atom stereocenters. The molecule has 8 nitrogen and oxygen atoms in total. The van der Waals surface area contributed by atoms with Gasteiger partial charge in [-0.2, -0.15) is 9.57 Å². The molecule has 0 aliphatic rings. The summed E-state index contributed by atoms with van der Waals surface area (Å²) in [6.45, 7) is 7.78. The van der Waals surface area contributed by atoms with E-state index in [9.17, 15) is 13.2 Å². The van der Waals surface area contributed by atoms with E-state index in [2.05, 4.69) is 5.32 Å². The number of amides is 1. The molecule has 0 radical (unpaired) electrons. The van der Waals surface area contributed by atoms with Crippen molar-refractivity contribution in [3.8, 4) is 17.6 Å². The third kappa shape index (κ3) is 5.96. The van der Waals surface area contributed by atoms with Gasteiger partial charge in [-0.05, 0) is 50.2 Å². The number of ether oxygens (including phenoxy) is 2. The maximum Gasteiger partial charge on any atom is 0.265 e. The van der Waals surface area contributed by atoms with Crippen molar-refractivity contribution >= 4 is 21.6 Å². The monoisotopic (exact) mass is 445 g/mol. The van der Waals surface area contributed by atoms with E-state index in [0.717, 1.165) is 0 Å². The van der Waals surface area contributed by atoms with E-state index in [-0.39, 0.29) is 10.6 Å². The molecule has 0 aromatic heterocycles. The van der Waals surface area contributed by atoms with Crippen LogP contribution in [0.4, 0.5) is 5.69 Å². The molecule has 0 bridgehead atoms. The summed E-state index contributed by atoms with van der Waals surface area (Å²) in [5.74, 6) is 0.154. The summed E-state index contributed by atoms with van der Waals surface area (Å²) in [6.07, 6.45) is -0.872. The number of rotatable bonds is 10. The molecule has 0 aliphatic heterocycles. The number of nitrogens with one attached hydrogen (secondary N) is 1. The minimum absolute atomic E-state index is 0.00820. The molecule has 0 saturated carbocycles. The number of nitriles is 1. The minimum Gasteiger partial charge on any atom is -0.492 e. The van der Waals surface area contributed by atoms with Crippen LogP contribution in [0.25, 0.3) is 0 Å². The lowest BCUT2D eigenvalue weighted by Crippen LogP contribution is -2.32. The zero-order chi connectivity index (χ0) is 23.0. The van der Waals surface area contributed by atoms with Gasteiger partial charge in [0.25, 0.3) is 5.91 Å². The van der Waals surface area contributed by atoms with Crippen LogP contribution in [0, 0.1) is 11.3 Å². The van der Waals surface area contributed by atoms with E-state index in [1.54, 1.807) is 52.0 Å². The maximum atomic E-state index is 13.0. The van der Waals surface area contributed by atoms with Gasteiger partial charge in [-0.15, -0.1) is 0 Å². The van der Waals surface area contributed by atoms with Crippen molar-refractivity contribution in [3.63, 3.8) is 0 Å². The highest BCUT2D eigenvalue weighted by Gasteiger charge is 2.27. The first-order valence-corrected chi connectivity index (χ1v) is 11.4. The largest absolute Gasteiger partial charge is 0.492 e. The van der Waals surface area contributed by atoms with Gasteiger partial charge in [0.15, 0.2) is 6.10 Å². The van der Waals surface area contributed by atoms with E-state index >= 15 is 0 Å². The second-order valence-corrected chi connectivity index (χ2v) is 8.48. The van der Waals surface area contributed by atoms with E-state index in [1.807, 2.05) is 6.07 Å². The van der Waals surface area contributed by atoms with Crippen LogP contribution in [0.5, 0.6) is 11.5 Å². The Morgan fingerprint density at radius 3 is 2.48 bits per heavy atom. The van der Waals surface area contributed by atoms with Crippen LogP contribution in [0.15, 0.2) is 47.4 Å². The fourth-order valence-electron chi connectivity index (χ4n) is 2.91. The van der Waals surface area contributed by atoms with Crippen LogP contribution in [-0.2, 0) is 14.8 Å². The summed E-state index contributed by atoms with van der Waals surface area (Å²) in [6, 6.07) is 13.0. The third-order valence-electron chi connectivity index (χ3n) is 4.48. The fourth-order valence-corrected chi connectivity index (χ4v) is 4.52.